The Kier molecular flexibility index (Phi) is 15.4. The fourth-order valence-electron chi connectivity index (χ4n) is 1.11. The second kappa shape index (κ2) is 13.1. The predicted octanol–water partition coefficient (Wildman–Crippen LogP) is -1.91. The molecule has 0 saturated heterocycles. The van der Waals surface area contributed by atoms with Crippen LogP contribution in [0.25, 0.3) is 0 Å². The van der Waals surface area contributed by atoms with E-state index in [0.717, 1.165) is 40.0 Å². The highest BCUT2D eigenvalue weighted by atomic mass is 28.4. The monoisotopic (exact) mass is 314 g/mol. The highest BCUT2D eigenvalue weighted by Crippen LogP contribution is 2.09. The van der Waals surface area contributed by atoms with Crippen LogP contribution >= 0.6 is 0 Å². The van der Waals surface area contributed by atoms with Gasteiger partial charge in [-0.25, -0.2) is 0 Å². The highest BCUT2D eigenvalue weighted by Gasteiger charge is 2.33. The number of hydrogen-bond acceptors (Lipinski definition) is 5. The Hall–Kier alpha value is 0.668. The summed E-state index contributed by atoms with van der Waals surface area (Å²) < 4.78 is 16.0. The van der Waals surface area contributed by atoms with Crippen molar-refractivity contribution in [1.82, 2.24) is 4.98 Å². The molecule has 0 amide bonds. The Morgan fingerprint density at radius 1 is 1.35 bits per heavy atom. The van der Waals surface area contributed by atoms with Crippen LogP contribution in [-0.4, -0.2) is 58.9 Å². The molecule has 0 aliphatic rings. The number of nitrogens with one attached hydrogen (secondary N) is 1. The van der Waals surface area contributed by atoms with E-state index in [1.807, 2.05) is 0 Å². The van der Waals surface area contributed by atoms with Gasteiger partial charge in [-0.2, -0.15) is 0 Å². The molecule has 0 saturated carbocycles. The van der Waals surface area contributed by atoms with Gasteiger partial charge in [0.05, 0.1) is 0 Å². The zero-order valence-electron chi connectivity index (χ0n) is 12.2. The lowest BCUT2D eigenvalue weighted by molar-refractivity contribution is 0.290. The quantitative estimate of drug-likeness (QED) is 0.512. The molecule has 9 heteroatoms. The third-order valence-corrected chi connectivity index (χ3v) is 11.3. The van der Waals surface area contributed by atoms with Gasteiger partial charge in [-0.15, -0.1) is 0 Å². The van der Waals surface area contributed by atoms with Crippen molar-refractivity contribution in [2.45, 2.75) is 32.5 Å². The van der Waals surface area contributed by atoms with Crippen LogP contribution in [0.1, 0.15) is 13.3 Å². The third-order valence-electron chi connectivity index (χ3n) is 2.25. The Morgan fingerprint density at radius 3 is 2.12 bits per heavy atom. The zero-order chi connectivity index (χ0) is 13.7. The summed E-state index contributed by atoms with van der Waals surface area (Å²) in [5.74, 6) is 0. The lowest BCUT2D eigenvalue weighted by Crippen LogP contribution is -2.56. The molecule has 0 bridgehead atoms. The minimum absolute atomic E-state index is 0.588. The number of nitrogens with two attached hydrogens (primary N) is 1. The smallest absolute Gasteiger partial charge is 0.413 e. The average Bonchev–Trinajstić information content (AvgIpc) is 2.35. The molecule has 0 aliphatic carbocycles. The molecule has 0 aromatic carbocycles. The van der Waals surface area contributed by atoms with E-state index in [0.29, 0.717) is 6.54 Å². The summed E-state index contributed by atoms with van der Waals surface area (Å²) >= 11 is 0. The van der Waals surface area contributed by atoms with Crippen LogP contribution in [0, 0.1) is 0 Å². The first-order valence-electron chi connectivity index (χ1n) is 6.10. The molecular formula is C8H30N2O3Si4. The van der Waals surface area contributed by atoms with Crippen molar-refractivity contribution in [2.24, 2.45) is 5.73 Å². The Labute approximate surface area is 115 Å². The highest BCUT2D eigenvalue weighted by molar-refractivity contribution is 6.67. The fourth-order valence-corrected chi connectivity index (χ4v) is 4.88. The van der Waals surface area contributed by atoms with Gasteiger partial charge < -0.3 is 18.4 Å². The van der Waals surface area contributed by atoms with Gasteiger partial charge in [0.15, 0.2) is 9.04 Å². The zero-order valence-corrected chi connectivity index (χ0v) is 18.4. The summed E-state index contributed by atoms with van der Waals surface area (Å²) in [6, 6.07) is 0.993. The normalized spacial score (nSPS) is 14.5. The van der Waals surface area contributed by atoms with E-state index in [1.165, 1.54) is 0 Å². The van der Waals surface area contributed by atoms with Gasteiger partial charge in [-0.1, -0.05) is 13.3 Å². The molecule has 1 unspecified atom stereocenters. The van der Waals surface area contributed by atoms with Gasteiger partial charge in [-0.05, 0) is 13.1 Å². The summed E-state index contributed by atoms with van der Waals surface area (Å²) in [7, 11) is 0.746. The van der Waals surface area contributed by atoms with Gasteiger partial charge in [0, 0.05) is 26.2 Å². The molecule has 106 valence electrons. The molecule has 17 heavy (non-hydrogen) atoms. The SMILES string of the molecule is CCC[Si](NCCN)(OC)O[SiH3].C[SiH](C)O[SiH3]. The van der Waals surface area contributed by atoms with Crippen molar-refractivity contribution in [2.75, 3.05) is 20.2 Å². The first kappa shape index (κ1) is 20.0. The van der Waals surface area contributed by atoms with E-state index in [4.69, 9.17) is 18.4 Å². The third kappa shape index (κ3) is 11.5. The van der Waals surface area contributed by atoms with E-state index in [1.54, 1.807) is 7.11 Å². The summed E-state index contributed by atoms with van der Waals surface area (Å²) in [6.45, 7) is 7.89. The number of hydrogen-bond donors (Lipinski definition) is 2. The van der Waals surface area contributed by atoms with E-state index in [-0.39, 0.29) is 0 Å². The molecule has 0 aromatic heterocycles. The van der Waals surface area contributed by atoms with E-state index in [2.05, 4.69) is 25.0 Å². The molecule has 0 spiro atoms. The molecule has 0 heterocycles. The van der Waals surface area contributed by atoms with Crippen LogP contribution in [0.3, 0.4) is 0 Å². The Morgan fingerprint density at radius 2 is 1.88 bits per heavy atom. The lowest BCUT2D eigenvalue weighted by atomic mass is 10.6. The fraction of sp³-hybridized carbons (Fsp3) is 1.00. The summed E-state index contributed by atoms with van der Waals surface area (Å²) in [5, 5.41) is 0. The van der Waals surface area contributed by atoms with Crippen LogP contribution in [0.2, 0.25) is 19.1 Å². The first-order valence-corrected chi connectivity index (χ1v) is 12.5. The van der Waals surface area contributed by atoms with Crippen molar-refractivity contribution in [3.8, 4) is 0 Å². The van der Waals surface area contributed by atoms with Gasteiger partial charge in [0.1, 0.15) is 21.0 Å². The van der Waals surface area contributed by atoms with E-state index in [9.17, 15) is 0 Å². The van der Waals surface area contributed by atoms with E-state index >= 15 is 0 Å². The number of rotatable bonds is 8. The van der Waals surface area contributed by atoms with Gasteiger partial charge in [-0.3, -0.25) is 4.98 Å². The molecule has 0 aromatic rings. The minimum Gasteiger partial charge on any atom is -0.466 e. The Bertz CT molecular complexity index is 162. The molecule has 0 radical (unpaired) electrons. The summed E-state index contributed by atoms with van der Waals surface area (Å²) in [4.78, 5) is 3.29. The molecule has 0 fully saturated rings. The van der Waals surface area contributed by atoms with Crippen molar-refractivity contribution >= 4 is 38.7 Å². The van der Waals surface area contributed by atoms with Crippen molar-refractivity contribution in [1.29, 1.82) is 0 Å². The summed E-state index contributed by atoms with van der Waals surface area (Å²) in [6.07, 6.45) is 1.08. The van der Waals surface area contributed by atoms with Crippen molar-refractivity contribution in [3.63, 3.8) is 0 Å². The summed E-state index contributed by atoms with van der Waals surface area (Å²) in [5.41, 5.74) is 5.40. The lowest BCUT2D eigenvalue weighted by Gasteiger charge is -2.27. The average molecular weight is 315 g/mol. The topological polar surface area (TPSA) is 65.7 Å². The minimum atomic E-state index is -2.03. The molecule has 3 N–H and O–H groups in total. The first-order chi connectivity index (χ1) is 8.01. The standard InChI is InChI=1S/C6H20N2O2Si2.C2H10OSi2/c1-3-6-12(9-2,10-11)8-5-4-7;1-5(2)3-4/h8H,3-7H2,1-2,11H3;5H,1-2,4H3. The van der Waals surface area contributed by atoms with Crippen LogP contribution in [-0.2, 0) is 12.7 Å². The van der Waals surface area contributed by atoms with Crippen molar-refractivity contribution in [3.05, 3.63) is 0 Å². The Balaban J connectivity index is 0. The largest absolute Gasteiger partial charge is 0.466 e. The van der Waals surface area contributed by atoms with Gasteiger partial charge in [0.2, 0.25) is 0 Å². The molecule has 0 aliphatic heterocycles. The van der Waals surface area contributed by atoms with Crippen LogP contribution in [0.4, 0.5) is 0 Å². The molecule has 5 nitrogen and oxygen atoms in total. The molecule has 1 atom stereocenters. The van der Waals surface area contributed by atoms with Crippen LogP contribution < -0.4 is 10.7 Å². The van der Waals surface area contributed by atoms with E-state index < -0.39 is 17.8 Å². The maximum Gasteiger partial charge on any atom is 0.413 e. The maximum absolute atomic E-state index is 5.52. The van der Waals surface area contributed by atoms with Crippen LogP contribution in [0.5, 0.6) is 0 Å². The van der Waals surface area contributed by atoms with Gasteiger partial charge >= 0.3 is 8.72 Å². The van der Waals surface area contributed by atoms with Crippen molar-refractivity contribution < 1.29 is 12.7 Å². The van der Waals surface area contributed by atoms with Gasteiger partial charge in [0.25, 0.3) is 0 Å². The second-order valence-corrected chi connectivity index (χ2v) is 12.3. The maximum atomic E-state index is 5.52. The molecular weight excluding hydrogens is 284 g/mol. The predicted molar refractivity (Wildman–Crippen MR) is 85.8 cm³/mol. The second-order valence-electron chi connectivity index (χ2n) is 3.91. The van der Waals surface area contributed by atoms with Crippen LogP contribution in [0.15, 0.2) is 0 Å². The molecule has 0 rings (SSSR count).